The molecule has 0 saturated carbocycles. The van der Waals surface area contributed by atoms with Gasteiger partial charge in [0.15, 0.2) is 0 Å². The Morgan fingerprint density at radius 3 is 3.00 bits per heavy atom. The Hall–Kier alpha value is -2.21. The Balaban J connectivity index is 1.43. The zero-order valence-corrected chi connectivity index (χ0v) is 11.9. The third kappa shape index (κ3) is 3.46. The Morgan fingerprint density at radius 2 is 2.14 bits per heavy atom. The van der Waals surface area contributed by atoms with Crippen LogP contribution in [-0.4, -0.2) is 43.9 Å². The highest BCUT2D eigenvalue weighted by atomic mass is 16.5. The molecular formula is C15H20N4O2. The Bertz CT molecular complexity index is 530. The van der Waals surface area contributed by atoms with E-state index in [1.807, 2.05) is 23.1 Å². The van der Waals surface area contributed by atoms with Gasteiger partial charge in [0.25, 0.3) is 0 Å². The molecule has 2 heterocycles. The fourth-order valence-corrected chi connectivity index (χ4v) is 2.50. The molecule has 2 aliphatic rings. The van der Waals surface area contributed by atoms with Crippen LogP contribution in [0.4, 0.5) is 0 Å². The van der Waals surface area contributed by atoms with Gasteiger partial charge in [-0.15, -0.1) is 0 Å². The summed E-state index contributed by atoms with van der Waals surface area (Å²) in [6, 6.07) is 10.2. The topological polar surface area (TPSA) is 65.6 Å². The van der Waals surface area contributed by atoms with E-state index in [0.29, 0.717) is 33.1 Å². The lowest BCUT2D eigenvalue weighted by Crippen LogP contribution is -2.38. The van der Waals surface area contributed by atoms with E-state index in [2.05, 4.69) is 28.1 Å². The molecule has 0 atom stereocenters. The second-order valence-electron chi connectivity index (χ2n) is 5.11. The molecular weight excluding hydrogens is 268 g/mol. The van der Waals surface area contributed by atoms with Crippen molar-refractivity contribution < 1.29 is 9.53 Å². The molecule has 2 aliphatic heterocycles. The Labute approximate surface area is 124 Å². The molecule has 0 spiro atoms. The number of carbonyl (C=O) groups excluding carboxylic acids is 1. The Kier molecular flexibility index (Phi) is 4.25. The number of nitrogens with one attached hydrogen (secondary N) is 3. The average molecular weight is 288 g/mol. The van der Waals surface area contributed by atoms with E-state index >= 15 is 0 Å². The summed E-state index contributed by atoms with van der Waals surface area (Å²) in [4.78, 5) is 14.0. The summed E-state index contributed by atoms with van der Waals surface area (Å²) in [6.07, 6.45) is 0.851. The van der Waals surface area contributed by atoms with Gasteiger partial charge in [0.1, 0.15) is 12.6 Å². The first-order valence-corrected chi connectivity index (χ1v) is 7.17. The molecule has 0 bridgehead atoms. The van der Waals surface area contributed by atoms with Crippen molar-refractivity contribution in [2.45, 2.75) is 6.42 Å². The maximum absolute atomic E-state index is 12.0. The Morgan fingerprint density at radius 1 is 1.29 bits per heavy atom. The molecule has 0 fully saturated rings. The first kappa shape index (κ1) is 13.8. The van der Waals surface area contributed by atoms with Gasteiger partial charge in [0, 0.05) is 6.54 Å². The number of amides is 1. The largest absolute Gasteiger partial charge is 0.355 e. The highest BCUT2D eigenvalue weighted by Crippen LogP contribution is 2.15. The van der Waals surface area contributed by atoms with Gasteiger partial charge >= 0.3 is 0 Å². The second-order valence-corrected chi connectivity index (χ2v) is 5.11. The van der Waals surface area contributed by atoms with Crippen LogP contribution in [0.1, 0.15) is 5.56 Å². The van der Waals surface area contributed by atoms with Crippen molar-refractivity contribution in [1.29, 1.82) is 0 Å². The van der Waals surface area contributed by atoms with E-state index < -0.39 is 0 Å². The number of hydrogen-bond acceptors (Lipinski definition) is 5. The number of benzene rings is 1. The van der Waals surface area contributed by atoms with E-state index in [-0.39, 0.29) is 5.91 Å². The van der Waals surface area contributed by atoms with Gasteiger partial charge in [-0.25, -0.2) is 0 Å². The minimum Gasteiger partial charge on any atom is -0.355 e. The van der Waals surface area contributed by atoms with Crippen LogP contribution in [0, 0.1) is 0 Å². The van der Waals surface area contributed by atoms with Crippen LogP contribution in [-0.2, 0) is 16.0 Å². The predicted octanol–water partition coefficient (Wildman–Crippen LogP) is -0.0456. The zero-order valence-electron chi connectivity index (χ0n) is 11.9. The molecule has 0 aliphatic carbocycles. The molecule has 1 aromatic carbocycles. The van der Waals surface area contributed by atoms with Crippen molar-refractivity contribution in [1.82, 2.24) is 20.9 Å². The maximum atomic E-state index is 12.0. The molecule has 3 rings (SSSR count). The van der Waals surface area contributed by atoms with Crippen molar-refractivity contribution in [3.63, 3.8) is 0 Å². The van der Waals surface area contributed by atoms with Crippen molar-refractivity contribution in [3.8, 4) is 0 Å². The summed E-state index contributed by atoms with van der Waals surface area (Å²) >= 11 is 0. The maximum Gasteiger partial charge on any atom is 0.239 e. The van der Waals surface area contributed by atoms with Crippen molar-refractivity contribution in [2.75, 3.05) is 33.1 Å². The molecule has 1 aromatic rings. The summed E-state index contributed by atoms with van der Waals surface area (Å²) in [5.41, 5.74) is 2.26. The molecule has 0 radical (unpaired) electrons. The van der Waals surface area contributed by atoms with Gasteiger partial charge in [-0.1, -0.05) is 30.3 Å². The van der Waals surface area contributed by atoms with Crippen LogP contribution in [0.2, 0.25) is 0 Å². The van der Waals surface area contributed by atoms with Gasteiger partial charge in [-0.05, 0) is 12.0 Å². The molecule has 21 heavy (non-hydrogen) atoms. The van der Waals surface area contributed by atoms with Crippen LogP contribution < -0.4 is 16.0 Å². The van der Waals surface area contributed by atoms with E-state index in [1.54, 1.807) is 0 Å². The van der Waals surface area contributed by atoms with E-state index in [0.717, 1.165) is 17.9 Å². The molecule has 0 unspecified atom stereocenters. The zero-order chi connectivity index (χ0) is 14.5. The fraction of sp³-hybridized carbons (Fsp3) is 0.400. The molecule has 0 saturated heterocycles. The highest BCUT2D eigenvalue weighted by Gasteiger charge is 2.26. The van der Waals surface area contributed by atoms with E-state index in [4.69, 9.17) is 4.74 Å². The van der Waals surface area contributed by atoms with Gasteiger partial charge in [-0.2, -0.15) is 0 Å². The standard InChI is InChI=1S/C15H20N4O2/c20-14(16-7-6-12-4-2-1-3-5-12)8-19-10-17-15-13(19)9-21-11-18-15/h1-5,17-18H,6-11H2,(H,16,20). The summed E-state index contributed by atoms with van der Waals surface area (Å²) in [5, 5.41) is 9.31. The van der Waals surface area contributed by atoms with Crippen molar-refractivity contribution in [2.24, 2.45) is 0 Å². The van der Waals surface area contributed by atoms with Gasteiger partial charge in [0.05, 0.1) is 25.5 Å². The molecule has 0 aromatic heterocycles. The van der Waals surface area contributed by atoms with Crippen LogP contribution in [0.3, 0.4) is 0 Å². The molecule has 1 amide bonds. The average Bonchev–Trinajstić information content (AvgIpc) is 2.92. The lowest BCUT2D eigenvalue weighted by atomic mass is 10.1. The van der Waals surface area contributed by atoms with Crippen LogP contribution >= 0.6 is 0 Å². The minimum atomic E-state index is 0.0343. The van der Waals surface area contributed by atoms with Crippen LogP contribution in [0.15, 0.2) is 41.8 Å². The normalized spacial score (nSPS) is 17.0. The van der Waals surface area contributed by atoms with Crippen molar-refractivity contribution in [3.05, 3.63) is 47.4 Å². The SMILES string of the molecule is O=C(CN1CNC2=C1COCN2)NCCc1ccccc1. The number of rotatable bonds is 5. The first-order chi connectivity index (χ1) is 10.3. The van der Waals surface area contributed by atoms with E-state index in [9.17, 15) is 4.79 Å². The fourth-order valence-electron chi connectivity index (χ4n) is 2.50. The molecule has 112 valence electrons. The third-order valence-electron chi connectivity index (χ3n) is 3.62. The third-order valence-corrected chi connectivity index (χ3v) is 3.62. The summed E-state index contributed by atoms with van der Waals surface area (Å²) in [7, 11) is 0. The van der Waals surface area contributed by atoms with Gasteiger partial charge in [0.2, 0.25) is 5.91 Å². The van der Waals surface area contributed by atoms with Crippen LogP contribution in [0.5, 0.6) is 0 Å². The number of ether oxygens (including phenoxy) is 1. The van der Waals surface area contributed by atoms with E-state index in [1.165, 1.54) is 5.56 Å². The minimum absolute atomic E-state index is 0.0343. The summed E-state index contributed by atoms with van der Waals surface area (Å²) in [6.45, 7) is 2.72. The van der Waals surface area contributed by atoms with Crippen LogP contribution in [0.25, 0.3) is 0 Å². The lowest BCUT2D eigenvalue weighted by Gasteiger charge is -2.22. The van der Waals surface area contributed by atoms with Crippen molar-refractivity contribution >= 4 is 5.91 Å². The summed E-state index contributed by atoms with van der Waals surface area (Å²) in [5.74, 6) is 1.02. The summed E-state index contributed by atoms with van der Waals surface area (Å²) < 4.78 is 5.35. The second kappa shape index (κ2) is 6.49. The number of nitrogens with zero attached hydrogens (tertiary/aromatic N) is 1. The lowest BCUT2D eigenvalue weighted by molar-refractivity contribution is -0.121. The number of carbonyl (C=O) groups is 1. The quantitative estimate of drug-likeness (QED) is 0.709. The first-order valence-electron chi connectivity index (χ1n) is 7.17. The predicted molar refractivity (Wildman–Crippen MR) is 78.8 cm³/mol. The number of hydrogen-bond donors (Lipinski definition) is 3. The van der Waals surface area contributed by atoms with Gasteiger partial charge in [-0.3, -0.25) is 4.79 Å². The smallest absolute Gasteiger partial charge is 0.239 e. The van der Waals surface area contributed by atoms with Gasteiger partial charge < -0.3 is 25.6 Å². The molecule has 6 nitrogen and oxygen atoms in total. The molecule has 6 heteroatoms. The molecule has 3 N–H and O–H groups in total. The highest BCUT2D eigenvalue weighted by molar-refractivity contribution is 5.78. The monoisotopic (exact) mass is 288 g/mol.